The van der Waals surface area contributed by atoms with Crippen LogP contribution in [-0.4, -0.2) is 45.4 Å². The number of methoxy groups -OCH3 is 2. The van der Waals surface area contributed by atoms with Crippen LogP contribution in [0.3, 0.4) is 0 Å². The number of rotatable bonds is 5. The predicted octanol–water partition coefficient (Wildman–Crippen LogP) is 0.850. The fraction of sp³-hybridized carbons (Fsp3) is 0.727. The SMILES string of the molecule is COc1nc(NC(C)(C)C(C)(C)O)nc(OC)n1. The monoisotopic (exact) mass is 256 g/mol. The summed E-state index contributed by atoms with van der Waals surface area (Å²) in [5.41, 5.74) is -1.59. The number of aliphatic hydroxyl groups is 1. The molecule has 7 nitrogen and oxygen atoms in total. The third-order valence-electron chi connectivity index (χ3n) is 2.91. The second-order valence-electron chi connectivity index (χ2n) is 4.94. The van der Waals surface area contributed by atoms with Crippen LogP contribution in [0.4, 0.5) is 5.95 Å². The molecule has 1 aromatic heterocycles. The molecule has 0 aliphatic carbocycles. The number of anilines is 1. The van der Waals surface area contributed by atoms with Crippen LogP contribution in [-0.2, 0) is 0 Å². The first-order valence-electron chi connectivity index (χ1n) is 5.54. The highest BCUT2D eigenvalue weighted by atomic mass is 16.5. The highest BCUT2D eigenvalue weighted by Gasteiger charge is 2.35. The molecule has 0 atom stereocenters. The van der Waals surface area contributed by atoms with Crippen LogP contribution in [0.1, 0.15) is 27.7 Å². The molecule has 0 bridgehead atoms. The van der Waals surface area contributed by atoms with Gasteiger partial charge >= 0.3 is 12.0 Å². The molecule has 18 heavy (non-hydrogen) atoms. The average molecular weight is 256 g/mol. The van der Waals surface area contributed by atoms with Crippen LogP contribution in [0.2, 0.25) is 0 Å². The maximum absolute atomic E-state index is 10.1. The normalized spacial score (nSPS) is 12.2. The number of nitrogens with one attached hydrogen (secondary N) is 1. The number of hydrogen-bond donors (Lipinski definition) is 2. The van der Waals surface area contributed by atoms with Gasteiger partial charge in [-0.2, -0.15) is 9.97 Å². The molecule has 2 N–H and O–H groups in total. The van der Waals surface area contributed by atoms with Gasteiger partial charge in [0.2, 0.25) is 5.95 Å². The quantitative estimate of drug-likeness (QED) is 0.807. The van der Waals surface area contributed by atoms with Gasteiger partial charge in [-0.1, -0.05) is 0 Å². The number of hydrogen-bond acceptors (Lipinski definition) is 7. The van der Waals surface area contributed by atoms with Crippen molar-refractivity contribution >= 4 is 5.95 Å². The van der Waals surface area contributed by atoms with E-state index in [9.17, 15) is 5.11 Å². The summed E-state index contributed by atoms with van der Waals surface area (Å²) in [6, 6.07) is 0.298. The molecule has 1 aromatic rings. The summed E-state index contributed by atoms with van der Waals surface area (Å²) < 4.78 is 9.91. The standard InChI is InChI=1S/C11H20N4O3/c1-10(2,11(3,4)16)15-7-12-8(17-5)14-9(13-7)18-6/h16H,1-6H3,(H,12,13,14,15). The minimum Gasteiger partial charge on any atom is -0.467 e. The van der Waals surface area contributed by atoms with Gasteiger partial charge in [-0.3, -0.25) is 0 Å². The van der Waals surface area contributed by atoms with E-state index in [1.54, 1.807) is 13.8 Å². The second-order valence-corrected chi connectivity index (χ2v) is 4.94. The van der Waals surface area contributed by atoms with E-state index in [2.05, 4.69) is 20.3 Å². The first-order chi connectivity index (χ1) is 8.19. The van der Waals surface area contributed by atoms with E-state index in [-0.39, 0.29) is 18.0 Å². The Kier molecular flexibility index (Phi) is 3.95. The zero-order valence-corrected chi connectivity index (χ0v) is 11.6. The van der Waals surface area contributed by atoms with E-state index in [0.29, 0.717) is 0 Å². The third kappa shape index (κ3) is 3.19. The first kappa shape index (κ1) is 14.4. The maximum Gasteiger partial charge on any atom is 0.324 e. The Morgan fingerprint density at radius 1 is 0.944 bits per heavy atom. The topological polar surface area (TPSA) is 89.4 Å². The second kappa shape index (κ2) is 4.93. The lowest BCUT2D eigenvalue weighted by Gasteiger charge is -2.37. The lowest BCUT2D eigenvalue weighted by Crippen LogP contribution is -2.51. The Morgan fingerprint density at radius 2 is 1.39 bits per heavy atom. The van der Waals surface area contributed by atoms with Gasteiger partial charge in [0.05, 0.1) is 25.4 Å². The van der Waals surface area contributed by atoms with E-state index in [1.165, 1.54) is 14.2 Å². The molecule has 1 rings (SSSR count). The van der Waals surface area contributed by atoms with Crippen molar-refractivity contribution in [2.45, 2.75) is 38.8 Å². The molecular weight excluding hydrogens is 236 g/mol. The van der Waals surface area contributed by atoms with Gasteiger partial charge in [0, 0.05) is 0 Å². The lowest BCUT2D eigenvalue weighted by molar-refractivity contribution is 0.0236. The Hall–Kier alpha value is -1.63. The lowest BCUT2D eigenvalue weighted by atomic mass is 9.86. The molecule has 0 aromatic carbocycles. The molecule has 0 unspecified atom stereocenters. The van der Waals surface area contributed by atoms with Gasteiger partial charge in [-0.05, 0) is 27.7 Å². The highest BCUT2D eigenvalue weighted by molar-refractivity contribution is 5.32. The molecule has 0 fully saturated rings. The predicted molar refractivity (Wildman–Crippen MR) is 66.9 cm³/mol. The smallest absolute Gasteiger partial charge is 0.324 e. The fourth-order valence-electron chi connectivity index (χ4n) is 1.01. The third-order valence-corrected chi connectivity index (χ3v) is 2.91. The van der Waals surface area contributed by atoms with Crippen LogP contribution >= 0.6 is 0 Å². The van der Waals surface area contributed by atoms with Crippen molar-refractivity contribution in [3.05, 3.63) is 0 Å². The van der Waals surface area contributed by atoms with Crippen molar-refractivity contribution in [2.75, 3.05) is 19.5 Å². The zero-order chi connectivity index (χ0) is 14.0. The molecule has 0 saturated carbocycles. The summed E-state index contributed by atoms with van der Waals surface area (Å²) in [5.74, 6) is 0.283. The molecule has 0 spiro atoms. The number of aromatic nitrogens is 3. The summed E-state index contributed by atoms with van der Waals surface area (Å²) in [7, 11) is 2.92. The molecule has 7 heteroatoms. The van der Waals surface area contributed by atoms with Crippen LogP contribution in [0, 0.1) is 0 Å². The summed E-state index contributed by atoms with van der Waals surface area (Å²) in [4.78, 5) is 12.0. The van der Waals surface area contributed by atoms with Gasteiger partial charge in [0.15, 0.2) is 0 Å². The van der Waals surface area contributed by atoms with E-state index >= 15 is 0 Å². The highest BCUT2D eigenvalue weighted by Crippen LogP contribution is 2.25. The Bertz CT molecular complexity index is 393. The molecule has 0 radical (unpaired) electrons. The van der Waals surface area contributed by atoms with Crippen molar-refractivity contribution in [3.63, 3.8) is 0 Å². The van der Waals surface area contributed by atoms with Gasteiger partial charge in [-0.15, -0.1) is 4.98 Å². The first-order valence-corrected chi connectivity index (χ1v) is 5.54. The number of ether oxygens (including phenoxy) is 2. The van der Waals surface area contributed by atoms with Crippen molar-refractivity contribution < 1.29 is 14.6 Å². The van der Waals surface area contributed by atoms with Crippen molar-refractivity contribution in [1.82, 2.24) is 15.0 Å². The van der Waals surface area contributed by atoms with E-state index < -0.39 is 11.1 Å². The van der Waals surface area contributed by atoms with Crippen LogP contribution in [0.25, 0.3) is 0 Å². The van der Waals surface area contributed by atoms with Gasteiger partial charge in [-0.25, -0.2) is 0 Å². The molecule has 0 aliphatic rings. The summed E-state index contributed by atoms with van der Waals surface area (Å²) in [6.07, 6.45) is 0. The minimum atomic E-state index is -0.958. The van der Waals surface area contributed by atoms with E-state index in [4.69, 9.17) is 9.47 Å². The van der Waals surface area contributed by atoms with Crippen LogP contribution < -0.4 is 14.8 Å². The van der Waals surface area contributed by atoms with Crippen molar-refractivity contribution in [1.29, 1.82) is 0 Å². The summed E-state index contributed by atoms with van der Waals surface area (Å²) in [6.45, 7) is 7.09. The van der Waals surface area contributed by atoms with Crippen LogP contribution in [0.5, 0.6) is 12.0 Å². The van der Waals surface area contributed by atoms with Gasteiger partial charge in [0.25, 0.3) is 0 Å². The van der Waals surface area contributed by atoms with Crippen LogP contribution in [0.15, 0.2) is 0 Å². The largest absolute Gasteiger partial charge is 0.467 e. The molecule has 1 heterocycles. The Labute approximate surface area is 107 Å². The maximum atomic E-state index is 10.1. The summed E-state index contributed by atoms with van der Waals surface area (Å²) >= 11 is 0. The molecule has 0 aliphatic heterocycles. The van der Waals surface area contributed by atoms with Gasteiger partial charge in [0.1, 0.15) is 0 Å². The zero-order valence-electron chi connectivity index (χ0n) is 11.6. The molecule has 0 amide bonds. The van der Waals surface area contributed by atoms with E-state index in [0.717, 1.165) is 0 Å². The Morgan fingerprint density at radius 3 is 1.72 bits per heavy atom. The minimum absolute atomic E-state index is 0.149. The average Bonchev–Trinajstić information content (AvgIpc) is 2.26. The van der Waals surface area contributed by atoms with E-state index in [1.807, 2.05) is 13.8 Å². The fourth-order valence-corrected chi connectivity index (χ4v) is 1.01. The van der Waals surface area contributed by atoms with Crippen molar-refractivity contribution in [3.8, 4) is 12.0 Å². The molecule has 0 saturated heterocycles. The molecule has 102 valence electrons. The number of nitrogens with zero attached hydrogens (tertiary/aromatic N) is 3. The molecular formula is C11H20N4O3. The summed E-state index contributed by atoms with van der Waals surface area (Å²) in [5, 5.41) is 13.1. The Balaban J connectivity index is 3.04. The van der Waals surface area contributed by atoms with Crippen molar-refractivity contribution in [2.24, 2.45) is 0 Å². The van der Waals surface area contributed by atoms with Gasteiger partial charge < -0.3 is 19.9 Å².